The SMILES string of the molecule is CC1=C(CC(=O)OCCOc2no[n+]([O-])c2S(=O)(=O)c2ccccc2)c2cc(F)ccc2/C1=C\c1ccc(S(C)=O)cc1. The van der Waals surface area contributed by atoms with Crippen molar-refractivity contribution in [1.29, 1.82) is 0 Å². The van der Waals surface area contributed by atoms with E-state index in [0.717, 1.165) is 22.3 Å². The molecule has 0 bridgehead atoms. The van der Waals surface area contributed by atoms with Crippen molar-refractivity contribution < 1.29 is 40.8 Å². The zero-order valence-electron chi connectivity index (χ0n) is 23.0. The van der Waals surface area contributed by atoms with E-state index >= 15 is 0 Å². The van der Waals surface area contributed by atoms with E-state index in [4.69, 9.17) is 9.47 Å². The Morgan fingerprint density at radius 3 is 2.49 bits per heavy atom. The Balaban J connectivity index is 1.27. The molecule has 0 aliphatic heterocycles. The molecule has 3 aromatic carbocycles. The highest BCUT2D eigenvalue weighted by Gasteiger charge is 2.36. The predicted molar refractivity (Wildman–Crippen MR) is 154 cm³/mol. The van der Waals surface area contributed by atoms with Crippen LogP contribution in [-0.2, 0) is 30.2 Å². The lowest BCUT2D eigenvalue weighted by atomic mass is 10.0. The fourth-order valence-corrected chi connectivity index (χ4v) is 6.45. The van der Waals surface area contributed by atoms with Gasteiger partial charge in [-0.15, -0.1) is 0 Å². The molecule has 1 unspecified atom stereocenters. The molecule has 0 N–H and O–H groups in total. The largest absolute Gasteiger partial charge is 0.462 e. The van der Waals surface area contributed by atoms with Crippen LogP contribution in [0.1, 0.15) is 30.0 Å². The van der Waals surface area contributed by atoms with Crippen molar-refractivity contribution in [3.8, 4) is 5.88 Å². The maximum atomic E-state index is 14.2. The number of halogens is 1. The summed E-state index contributed by atoms with van der Waals surface area (Å²) in [5.74, 6) is -1.65. The summed E-state index contributed by atoms with van der Waals surface area (Å²) in [6.07, 6.45) is 3.36. The summed E-state index contributed by atoms with van der Waals surface area (Å²) in [5, 5.41) is 14.6. The molecule has 1 aromatic heterocycles. The summed E-state index contributed by atoms with van der Waals surface area (Å²) in [5.41, 5.74) is 4.36. The first-order chi connectivity index (χ1) is 20.6. The minimum absolute atomic E-state index is 0.154. The third kappa shape index (κ3) is 6.27. The van der Waals surface area contributed by atoms with Crippen LogP contribution in [0.4, 0.5) is 4.39 Å². The number of carbonyl (C=O) groups is 1. The Labute approximate surface area is 249 Å². The molecule has 222 valence electrons. The van der Waals surface area contributed by atoms with Crippen LogP contribution >= 0.6 is 0 Å². The Morgan fingerprint density at radius 1 is 1.07 bits per heavy atom. The fourth-order valence-electron chi connectivity index (χ4n) is 4.63. The third-order valence-electron chi connectivity index (χ3n) is 6.74. The molecule has 13 heteroatoms. The van der Waals surface area contributed by atoms with E-state index in [-0.39, 0.29) is 29.4 Å². The lowest BCUT2D eigenvalue weighted by Gasteiger charge is -2.08. The van der Waals surface area contributed by atoms with Crippen LogP contribution in [0.25, 0.3) is 17.2 Å². The van der Waals surface area contributed by atoms with E-state index in [0.29, 0.717) is 16.0 Å². The normalized spacial score (nSPS) is 14.5. The first-order valence-electron chi connectivity index (χ1n) is 12.9. The van der Waals surface area contributed by atoms with Gasteiger partial charge in [-0.2, -0.15) is 0 Å². The number of rotatable bonds is 10. The maximum Gasteiger partial charge on any atom is 0.415 e. The van der Waals surface area contributed by atoms with Gasteiger partial charge >= 0.3 is 16.9 Å². The molecule has 0 spiro atoms. The number of benzene rings is 3. The summed E-state index contributed by atoms with van der Waals surface area (Å²) < 4.78 is 66.7. The van der Waals surface area contributed by atoms with E-state index in [1.807, 2.05) is 25.1 Å². The van der Waals surface area contributed by atoms with Gasteiger partial charge in [0.25, 0.3) is 9.84 Å². The van der Waals surface area contributed by atoms with Crippen LogP contribution in [-0.4, -0.2) is 43.2 Å². The molecule has 1 heterocycles. The second-order valence-corrected chi connectivity index (χ2v) is 12.7. The first-order valence-corrected chi connectivity index (χ1v) is 15.9. The molecule has 1 atom stereocenters. The molecule has 5 rings (SSSR count). The van der Waals surface area contributed by atoms with Gasteiger partial charge in [-0.3, -0.25) is 13.6 Å². The van der Waals surface area contributed by atoms with Gasteiger partial charge in [-0.25, -0.2) is 12.8 Å². The highest BCUT2D eigenvalue weighted by Crippen LogP contribution is 2.44. The maximum absolute atomic E-state index is 14.2. The summed E-state index contributed by atoms with van der Waals surface area (Å²) >= 11 is 0. The van der Waals surface area contributed by atoms with Gasteiger partial charge < -0.3 is 14.7 Å². The fraction of sp³-hybridized carbons (Fsp3) is 0.167. The summed E-state index contributed by atoms with van der Waals surface area (Å²) in [4.78, 5) is 13.1. The minimum Gasteiger partial charge on any atom is -0.462 e. The van der Waals surface area contributed by atoms with Gasteiger partial charge in [-0.1, -0.05) is 36.4 Å². The molecule has 43 heavy (non-hydrogen) atoms. The third-order valence-corrected chi connectivity index (χ3v) is 9.40. The van der Waals surface area contributed by atoms with Crippen LogP contribution < -0.4 is 9.64 Å². The van der Waals surface area contributed by atoms with Crippen molar-refractivity contribution >= 4 is 43.8 Å². The second kappa shape index (κ2) is 12.3. The van der Waals surface area contributed by atoms with E-state index in [1.165, 1.54) is 36.4 Å². The summed E-state index contributed by atoms with van der Waals surface area (Å²) in [7, 11) is -5.40. The minimum atomic E-state index is -4.29. The molecule has 0 fully saturated rings. The Kier molecular flexibility index (Phi) is 8.55. The Bertz CT molecular complexity index is 1880. The van der Waals surface area contributed by atoms with E-state index in [1.54, 1.807) is 30.5 Å². The smallest absolute Gasteiger partial charge is 0.415 e. The van der Waals surface area contributed by atoms with Crippen molar-refractivity contribution in [3.63, 3.8) is 0 Å². The molecule has 0 amide bonds. The highest BCUT2D eigenvalue weighted by atomic mass is 32.2. The number of sulfone groups is 1. The van der Waals surface area contributed by atoms with Crippen molar-refractivity contribution in [1.82, 2.24) is 5.16 Å². The molecule has 1 aliphatic rings. The Morgan fingerprint density at radius 2 is 1.79 bits per heavy atom. The van der Waals surface area contributed by atoms with E-state index in [2.05, 4.69) is 9.79 Å². The number of nitrogens with zero attached hydrogens (tertiary/aromatic N) is 2. The highest BCUT2D eigenvalue weighted by molar-refractivity contribution is 7.91. The first kappa shape index (κ1) is 29.9. The molecule has 4 aromatic rings. The van der Waals surface area contributed by atoms with Gasteiger partial charge in [0.15, 0.2) is 0 Å². The van der Waals surface area contributed by atoms with Gasteiger partial charge in [0.1, 0.15) is 19.0 Å². The molecule has 0 radical (unpaired) electrons. The van der Waals surface area contributed by atoms with Crippen molar-refractivity contribution in [3.05, 3.63) is 106 Å². The number of aromatic nitrogens is 2. The zero-order valence-corrected chi connectivity index (χ0v) is 24.6. The molecule has 1 aliphatic carbocycles. The monoisotopic (exact) mass is 624 g/mol. The zero-order chi connectivity index (χ0) is 30.7. The van der Waals surface area contributed by atoms with Gasteiger partial charge in [-0.05, 0) is 87.7 Å². The second-order valence-electron chi connectivity index (χ2n) is 9.48. The molecule has 0 saturated heterocycles. The average Bonchev–Trinajstić information content (AvgIpc) is 3.48. The molecular formula is C30H25FN2O8S2. The number of carbonyl (C=O) groups excluding carboxylic acids is 1. The topological polar surface area (TPSA) is 140 Å². The van der Waals surface area contributed by atoms with Crippen LogP contribution in [0.5, 0.6) is 5.88 Å². The van der Waals surface area contributed by atoms with Gasteiger partial charge in [0, 0.05) is 22.0 Å². The van der Waals surface area contributed by atoms with E-state index in [9.17, 15) is 27.0 Å². The van der Waals surface area contributed by atoms with Gasteiger partial charge in [0.05, 0.1) is 16.5 Å². The Hall–Kier alpha value is -4.62. The molecule has 10 nitrogen and oxygen atoms in total. The molecular weight excluding hydrogens is 599 g/mol. The number of allylic oxidation sites excluding steroid dienone is 2. The van der Waals surface area contributed by atoms with Crippen molar-refractivity contribution in [2.45, 2.75) is 28.2 Å². The van der Waals surface area contributed by atoms with E-state index < -0.39 is 43.3 Å². The van der Waals surface area contributed by atoms with Crippen LogP contribution in [0.3, 0.4) is 0 Å². The number of esters is 1. The number of ether oxygens (including phenoxy) is 2. The predicted octanol–water partition coefficient (Wildman–Crippen LogP) is 4.36. The van der Waals surface area contributed by atoms with Gasteiger partial charge in [0.2, 0.25) is 0 Å². The molecule has 0 saturated carbocycles. The van der Waals surface area contributed by atoms with Crippen LogP contribution in [0, 0.1) is 11.0 Å². The number of fused-ring (bicyclic) bond motifs is 1. The summed E-state index contributed by atoms with van der Waals surface area (Å²) in [6, 6.07) is 18.8. The van der Waals surface area contributed by atoms with Crippen molar-refractivity contribution in [2.24, 2.45) is 0 Å². The summed E-state index contributed by atoms with van der Waals surface area (Å²) in [6.45, 7) is 1.23. The number of hydrogen-bond acceptors (Lipinski definition) is 9. The van der Waals surface area contributed by atoms with Crippen molar-refractivity contribution in [2.75, 3.05) is 19.5 Å². The van der Waals surface area contributed by atoms with Crippen LogP contribution in [0.2, 0.25) is 0 Å². The number of hydrogen-bond donors (Lipinski definition) is 0. The lowest BCUT2D eigenvalue weighted by Crippen LogP contribution is -2.31. The van der Waals surface area contributed by atoms with Crippen LogP contribution in [0.15, 0.2) is 97.8 Å². The quantitative estimate of drug-likeness (QED) is 0.143. The lowest BCUT2D eigenvalue weighted by molar-refractivity contribution is -0.832. The average molecular weight is 625 g/mol. The standard InChI is InChI=1S/C30H25FN2O8S2/c1-19-25(16-20-8-11-22(12-9-20)42(2)36)24-13-10-21(31)17-27(24)26(19)18-28(34)39-14-15-40-29-30(33(35)41-32-29)43(37,38)23-6-4-3-5-7-23/h3-13,16-17H,14-15,18H2,1-2H3/b25-16-.